The minimum Gasteiger partial charge on any atom is -0.360 e. The van der Waals surface area contributed by atoms with Crippen molar-refractivity contribution in [2.75, 3.05) is 5.32 Å². The number of anilines is 1. The van der Waals surface area contributed by atoms with Crippen molar-refractivity contribution in [2.24, 2.45) is 11.3 Å². The first-order valence-corrected chi connectivity index (χ1v) is 9.74. The zero-order valence-corrected chi connectivity index (χ0v) is 15.6. The lowest BCUT2D eigenvalue weighted by Crippen LogP contribution is -2.77. The van der Waals surface area contributed by atoms with Gasteiger partial charge in [0.15, 0.2) is 5.69 Å². The third-order valence-corrected chi connectivity index (χ3v) is 6.61. The van der Waals surface area contributed by atoms with Crippen LogP contribution in [-0.4, -0.2) is 22.5 Å². The van der Waals surface area contributed by atoms with Gasteiger partial charge in [-0.1, -0.05) is 12.1 Å². The number of benzene rings is 1. The average Bonchev–Trinajstić information content (AvgIpc) is 3.34. The maximum absolute atomic E-state index is 13.0. The van der Waals surface area contributed by atoms with Gasteiger partial charge in [-0.05, 0) is 61.8 Å². The molecule has 4 saturated carbocycles. The van der Waals surface area contributed by atoms with Crippen LogP contribution in [0.25, 0.3) is 0 Å². The quantitative estimate of drug-likeness (QED) is 0.798. The van der Waals surface area contributed by atoms with Gasteiger partial charge in [-0.25, -0.2) is 4.39 Å². The van der Waals surface area contributed by atoms with Crippen LogP contribution in [0.4, 0.5) is 10.1 Å². The molecule has 4 fully saturated rings. The fourth-order valence-corrected chi connectivity index (χ4v) is 4.78. The lowest BCUT2D eigenvalue weighted by atomic mass is 9.36. The number of aromatic nitrogens is 1. The van der Waals surface area contributed by atoms with Crippen molar-refractivity contribution in [3.05, 3.63) is 47.6 Å². The second-order valence-corrected chi connectivity index (χ2v) is 8.73. The Balaban J connectivity index is 1.16. The van der Waals surface area contributed by atoms with Gasteiger partial charge in [0.2, 0.25) is 5.91 Å². The van der Waals surface area contributed by atoms with E-state index < -0.39 is 0 Å². The number of hydrogen-bond acceptors (Lipinski definition) is 4. The smallest absolute Gasteiger partial charge is 0.273 e. The molecule has 1 unspecified atom stereocenters. The summed E-state index contributed by atoms with van der Waals surface area (Å²) in [6.07, 6.45) is 4.56. The van der Waals surface area contributed by atoms with E-state index in [1.165, 1.54) is 12.1 Å². The third-order valence-electron chi connectivity index (χ3n) is 6.61. The monoisotopic (exact) mass is 383 g/mol. The van der Waals surface area contributed by atoms with Gasteiger partial charge in [0.25, 0.3) is 5.91 Å². The zero-order chi connectivity index (χ0) is 19.5. The maximum Gasteiger partial charge on any atom is 0.273 e. The zero-order valence-electron chi connectivity index (χ0n) is 15.6. The fraction of sp³-hybridized carbons (Fsp3) is 0.476. The lowest BCUT2D eigenvalue weighted by molar-refractivity contribution is -0.184. The van der Waals surface area contributed by atoms with E-state index in [2.05, 4.69) is 15.8 Å². The van der Waals surface area contributed by atoms with Crippen LogP contribution >= 0.6 is 0 Å². The minimum absolute atomic E-state index is 0.0691. The predicted octanol–water partition coefficient (Wildman–Crippen LogP) is 3.62. The second kappa shape index (κ2) is 5.90. The van der Waals surface area contributed by atoms with Crippen LogP contribution in [0.5, 0.6) is 0 Å². The molecular weight excluding hydrogens is 361 g/mol. The molecule has 6 nitrogen and oxygen atoms in total. The van der Waals surface area contributed by atoms with Gasteiger partial charge in [-0.3, -0.25) is 9.59 Å². The Morgan fingerprint density at radius 1 is 1.21 bits per heavy atom. The SMILES string of the molecule is CC(C(=O)Nc1ccc(F)cc1)C12CC(NC(=O)c3cc(C4CC4)on3)(C1)C2. The van der Waals surface area contributed by atoms with Gasteiger partial charge in [0, 0.05) is 29.1 Å². The number of rotatable bonds is 6. The Bertz CT molecular complexity index is 928. The lowest BCUT2D eigenvalue weighted by Gasteiger charge is -2.72. The number of nitrogens with zero attached hydrogens (tertiary/aromatic N) is 1. The number of amides is 2. The Morgan fingerprint density at radius 3 is 2.54 bits per heavy atom. The molecule has 2 bridgehead atoms. The molecule has 1 heterocycles. The first-order chi connectivity index (χ1) is 13.4. The molecule has 1 aromatic carbocycles. The molecule has 2 aromatic rings. The van der Waals surface area contributed by atoms with Gasteiger partial charge >= 0.3 is 0 Å². The molecule has 1 atom stereocenters. The number of carbonyl (C=O) groups excluding carboxylic acids is 2. The van der Waals surface area contributed by atoms with E-state index in [9.17, 15) is 14.0 Å². The largest absolute Gasteiger partial charge is 0.360 e. The van der Waals surface area contributed by atoms with Crippen molar-refractivity contribution in [1.82, 2.24) is 10.5 Å². The van der Waals surface area contributed by atoms with E-state index in [1.807, 2.05) is 6.92 Å². The van der Waals surface area contributed by atoms with E-state index >= 15 is 0 Å². The normalized spacial score (nSPS) is 28.6. The van der Waals surface area contributed by atoms with Crippen LogP contribution in [-0.2, 0) is 4.79 Å². The average molecular weight is 383 g/mol. The molecule has 0 aliphatic heterocycles. The van der Waals surface area contributed by atoms with Crippen molar-refractivity contribution >= 4 is 17.5 Å². The van der Waals surface area contributed by atoms with Crippen LogP contribution in [0.3, 0.4) is 0 Å². The van der Waals surface area contributed by atoms with E-state index in [0.29, 0.717) is 17.3 Å². The highest BCUT2D eigenvalue weighted by molar-refractivity contribution is 5.94. The maximum atomic E-state index is 13.0. The topological polar surface area (TPSA) is 84.2 Å². The first kappa shape index (κ1) is 17.4. The molecule has 0 saturated heterocycles. The molecule has 28 heavy (non-hydrogen) atoms. The number of carbonyl (C=O) groups is 2. The summed E-state index contributed by atoms with van der Waals surface area (Å²) in [5, 5.41) is 9.83. The summed E-state index contributed by atoms with van der Waals surface area (Å²) < 4.78 is 18.3. The Hall–Kier alpha value is -2.70. The first-order valence-electron chi connectivity index (χ1n) is 9.74. The summed E-state index contributed by atoms with van der Waals surface area (Å²) in [4.78, 5) is 25.0. The van der Waals surface area contributed by atoms with Crippen LogP contribution in [0, 0.1) is 17.2 Å². The highest BCUT2D eigenvalue weighted by atomic mass is 19.1. The predicted molar refractivity (Wildman–Crippen MR) is 99.2 cm³/mol. The van der Waals surface area contributed by atoms with Gasteiger partial charge in [-0.2, -0.15) is 0 Å². The summed E-state index contributed by atoms with van der Waals surface area (Å²) in [5.41, 5.74) is 0.633. The second-order valence-electron chi connectivity index (χ2n) is 8.73. The van der Waals surface area contributed by atoms with Crippen molar-refractivity contribution < 1.29 is 18.5 Å². The Labute approximate surface area is 161 Å². The molecule has 7 heteroatoms. The van der Waals surface area contributed by atoms with Crippen LogP contribution in [0.1, 0.15) is 61.2 Å². The van der Waals surface area contributed by atoms with Gasteiger partial charge in [0.05, 0.1) is 0 Å². The van der Waals surface area contributed by atoms with Crippen molar-refractivity contribution in [3.63, 3.8) is 0 Å². The molecule has 2 N–H and O–H groups in total. The summed E-state index contributed by atoms with van der Waals surface area (Å²) in [7, 11) is 0. The van der Waals surface area contributed by atoms with Crippen molar-refractivity contribution in [3.8, 4) is 0 Å². The molecule has 6 rings (SSSR count). The van der Waals surface area contributed by atoms with E-state index in [0.717, 1.165) is 37.9 Å². The number of hydrogen-bond donors (Lipinski definition) is 2. The molecular formula is C21H22FN3O3. The van der Waals surface area contributed by atoms with Gasteiger partial charge in [0.1, 0.15) is 11.6 Å². The van der Waals surface area contributed by atoms with Gasteiger partial charge in [-0.15, -0.1) is 0 Å². The van der Waals surface area contributed by atoms with Crippen LogP contribution in [0.15, 0.2) is 34.9 Å². The highest BCUT2D eigenvalue weighted by Crippen LogP contribution is 2.70. The molecule has 146 valence electrons. The molecule has 4 aliphatic rings. The molecule has 4 aliphatic carbocycles. The summed E-state index contributed by atoms with van der Waals surface area (Å²) in [6.45, 7) is 1.92. The minimum atomic E-state index is -0.334. The van der Waals surface area contributed by atoms with Crippen LogP contribution in [0.2, 0.25) is 0 Å². The van der Waals surface area contributed by atoms with E-state index in [-0.39, 0.29) is 34.5 Å². The molecule has 2 amide bonds. The number of halogens is 1. The third kappa shape index (κ3) is 2.80. The standard InChI is InChI=1S/C21H22FN3O3/c1-12(18(26)23-15-6-4-14(22)5-7-15)20-9-21(10-20,11-20)24-19(27)16-8-17(28-25-16)13-2-3-13/h4-8,12-13H,2-3,9-11H2,1H3,(H,23,26)(H,24,27). The highest BCUT2D eigenvalue weighted by Gasteiger charge is 2.71. The molecule has 0 radical (unpaired) electrons. The molecule has 1 aromatic heterocycles. The summed E-state index contributed by atoms with van der Waals surface area (Å²) in [6, 6.07) is 7.50. The van der Waals surface area contributed by atoms with E-state index in [4.69, 9.17) is 4.52 Å². The fourth-order valence-electron chi connectivity index (χ4n) is 4.78. The summed E-state index contributed by atoms with van der Waals surface area (Å²) >= 11 is 0. The van der Waals surface area contributed by atoms with Crippen molar-refractivity contribution in [2.45, 2.75) is 50.5 Å². The van der Waals surface area contributed by atoms with Crippen molar-refractivity contribution in [1.29, 1.82) is 0 Å². The van der Waals surface area contributed by atoms with E-state index in [1.54, 1.807) is 18.2 Å². The summed E-state index contributed by atoms with van der Waals surface area (Å²) in [5.74, 6) is 0.437. The number of nitrogens with one attached hydrogen (secondary N) is 2. The molecule has 0 spiro atoms. The van der Waals surface area contributed by atoms with Crippen LogP contribution < -0.4 is 10.6 Å². The Morgan fingerprint density at radius 2 is 1.89 bits per heavy atom. The Kier molecular flexibility index (Phi) is 3.66. The van der Waals surface area contributed by atoms with Gasteiger partial charge < -0.3 is 15.2 Å².